The molecule has 6 heteroatoms. The number of aliphatic carboxylic acids is 1. The number of ether oxygens (including phenoxy) is 1. The molecule has 1 fully saturated rings. The number of nitrogens with one attached hydrogen (secondary N) is 1. The van der Waals surface area contributed by atoms with Crippen LogP contribution >= 0.6 is 0 Å². The van der Waals surface area contributed by atoms with Gasteiger partial charge in [-0.25, -0.2) is 4.79 Å². The summed E-state index contributed by atoms with van der Waals surface area (Å²) in [5.41, 5.74) is 3.16. The van der Waals surface area contributed by atoms with E-state index in [9.17, 15) is 14.7 Å². The van der Waals surface area contributed by atoms with Gasteiger partial charge in [0.25, 0.3) is 0 Å². The van der Waals surface area contributed by atoms with Crippen LogP contribution in [-0.4, -0.2) is 35.1 Å². The van der Waals surface area contributed by atoms with Gasteiger partial charge in [-0.1, -0.05) is 61.5 Å². The van der Waals surface area contributed by atoms with Crippen LogP contribution < -0.4 is 5.32 Å². The lowest BCUT2D eigenvalue weighted by atomic mass is 9.91. The summed E-state index contributed by atoms with van der Waals surface area (Å²) in [4.78, 5) is 25.4. The van der Waals surface area contributed by atoms with E-state index in [0.29, 0.717) is 32.7 Å². The second-order valence-corrected chi connectivity index (χ2v) is 7.74. The molecule has 29 heavy (non-hydrogen) atoms. The number of carboxylic acid groups (broad SMARTS) is 1. The Kier molecular flexibility index (Phi) is 7.25. The summed E-state index contributed by atoms with van der Waals surface area (Å²) in [6, 6.07) is 17.7. The van der Waals surface area contributed by atoms with E-state index in [4.69, 9.17) is 4.74 Å². The van der Waals surface area contributed by atoms with Crippen LogP contribution in [0.5, 0.6) is 0 Å². The third-order valence-corrected chi connectivity index (χ3v) is 5.11. The summed E-state index contributed by atoms with van der Waals surface area (Å²) < 4.78 is 5.78. The third-order valence-electron chi connectivity index (χ3n) is 5.11. The summed E-state index contributed by atoms with van der Waals surface area (Å²) in [5, 5.41) is 12.2. The fraction of sp³-hybridized carbons (Fsp3) is 0.391. The maximum atomic E-state index is 12.5. The summed E-state index contributed by atoms with van der Waals surface area (Å²) in [6.45, 7) is 4.28. The van der Waals surface area contributed by atoms with Gasteiger partial charge in [-0.05, 0) is 29.0 Å². The molecule has 0 saturated carbocycles. The molecule has 1 heterocycles. The van der Waals surface area contributed by atoms with Crippen molar-refractivity contribution < 1.29 is 19.4 Å². The Morgan fingerprint density at radius 3 is 2.48 bits per heavy atom. The van der Waals surface area contributed by atoms with Crippen LogP contribution in [0.3, 0.4) is 0 Å². The van der Waals surface area contributed by atoms with Gasteiger partial charge in [0.15, 0.2) is 0 Å². The maximum Gasteiger partial charge on any atom is 0.317 e. The van der Waals surface area contributed by atoms with Gasteiger partial charge in [-0.3, -0.25) is 4.79 Å². The molecule has 2 aromatic rings. The number of hydrogen-bond acceptors (Lipinski definition) is 3. The van der Waals surface area contributed by atoms with Gasteiger partial charge in [-0.15, -0.1) is 0 Å². The van der Waals surface area contributed by atoms with Crippen LogP contribution in [0.4, 0.5) is 4.79 Å². The zero-order valence-corrected chi connectivity index (χ0v) is 16.7. The van der Waals surface area contributed by atoms with Crippen molar-refractivity contribution in [3.8, 4) is 0 Å². The first kappa shape index (κ1) is 20.9. The first-order chi connectivity index (χ1) is 14.0. The molecule has 2 atom stereocenters. The molecule has 0 radical (unpaired) electrons. The molecule has 0 bridgehead atoms. The minimum absolute atomic E-state index is 0.181. The predicted molar refractivity (Wildman–Crippen MR) is 110 cm³/mol. The molecule has 2 unspecified atom stereocenters. The van der Waals surface area contributed by atoms with Crippen LogP contribution in [0.15, 0.2) is 54.6 Å². The van der Waals surface area contributed by atoms with Crippen molar-refractivity contribution in [1.82, 2.24) is 10.2 Å². The smallest absolute Gasteiger partial charge is 0.317 e. The Labute approximate surface area is 171 Å². The number of nitrogens with zero attached hydrogens (tertiary/aromatic N) is 1. The highest BCUT2D eigenvalue weighted by Crippen LogP contribution is 2.21. The Balaban J connectivity index is 1.48. The number of benzene rings is 2. The molecular weight excluding hydrogens is 368 g/mol. The lowest BCUT2D eigenvalue weighted by molar-refractivity contribution is -0.143. The van der Waals surface area contributed by atoms with Crippen molar-refractivity contribution in [1.29, 1.82) is 0 Å². The summed E-state index contributed by atoms with van der Waals surface area (Å²) in [7, 11) is 0. The molecule has 6 nitrogen and oxygen atoms in total. The zero-order valence-electron chi connectivity index (χ0n) is 16.7. The van der Waals surface area contributed by atoms with E-state index in [-0.39, 0.29) is 18.5 Å². The Morgan fingerprint density at radius 1 is 1.03 bits per heavy atom. The molecule has 1 saturated heterocycles. The van der Waals surface area contributed by atoms with E-state index in [1.165, 1.54) is 0 Å². The van der Waals surface area contributed by atoms with Crippen LogP contribution in [0, 0.1) is 11.8 Å². The zero-order chi connectivity index (χ0) is 20.6. The number of piperidine rings is 1. The van der Waals surface area contributed by atoms with Crippen LogP contribution in [0.25, 0.3) is 0 Å². The Morgan fingerprint density at radius 2 is 1.72 bits per heavy atom. The highest BCUT2D eigenvalue weighted by molar-refractivity contribution is 5.76. The first-order valence-corrected chi connectivity index (χ1v) is 9.96. The van der Waals surface area contributed by atoms with Crippen LogP contribution in [0.1, 0.15) is 30.0 Å². The van der Waals surface area contributed by atoms with E-state index in [1.807, 2.05) is 61.5 Å². The van der Waals surface area contributed by atoms with E-state index in [2.05, 4.69) is 5.32 Å². The number of rotatable bonds is 7. The average molecular weight is 396 g/mol. The maximum absolute atomic E-state index is 12.5. The second-order valence-electron chi connectivity index (χ2n) is 7.74. The van der Waals surface area contributed by atoms with Crippen molar-refractivity contribution in [2.75, 3.05) is 13.1 Å². The summed E-state index contributed by atoms with van der Waals surface area (Å²) >= 11 is 0. The number of carbonyl (C=O) groups excluding carboxylic acids is 1. The minimum atomic E-state index is -0.836. The van der Waals surface area contributed by atoms with Gasteiger partial charge in [0.2, 0.25) is 0 Å². The predicted octanol–water partition coefficient (Wildman–Crippen LogP) is 3.66. The average Bonchev–Trinajstić information content (AvgIpc) is 2.72. The number of carbonyl (C=O) groups is 2. The van der Waals surface area contributed by atoms with E-state index >= 15 is 0 Å². The third kappa shape index (κ3) is 6.32. The Hall–Kier alpha value is -2.86. The quantitative estimate of drug-likeness (QED) is 0.749. The molecule has 1 aliphatic rings. The normalized spacial score (nSPS) is 19.0. The van der Waals surface area contributed by atoms with Gasteiger partial charge in [0.05, 0.1) is 19.1 Å². The molecule has 2 aromatic carbocycles. The number of likely N-dealkylation sites (tertiary alicyclic amines) is 1. The molecule has 2 N–H and O–H groups in total. The number of hydrogen-bond donors (Lipinski definition) is 2. The van der Waals surface area contributed by atoms with E-state index in [1.54, 1.807) is 4.90 Å². The molecular formula is C23H28N2O4. The van der Waals surface area contributed by atoms with Crippen molar-refractivity contribution in [2.24, 2.45) is 11.8 Å². The summed E-state index contributed by atoms with van der Waals surface area (Å²) in [5.74, 6) is -1.15. The van der Waals surface area contributed by atoms with Gasteiger partial charge < -0.3 is 20.1 Å². The van der Waals surface area contributed by atoms with E-state index in [0.717, 1.165) is 16.7 Å². The molecule has 3 rings (SSSR count). The van der Waals surface area contributed by atoms with Gasteiger partial charge in [0, 0.05) is 19.6 Å². The first-order valence-electron chi connectivity index (χ1n) is 9.96. The highest BCUT2D eigenvalue weighted by atomic mass is 16.5. The lowest BCUT2D eigenvalue weighted by Crippen LogP contribution is -2.49. The highest BCUT2D eigenvalue weighted by Gasteiger charge is 2.31. The fourth-order valence-corrected chi connectivity index (χ4v) is 3.68. The topological polar surface area (TPSA) is 78.9 Å². The largest absolute Gasteiger partial charge is 0.481 e. The molecule has 2 amide bonds. The second kappa shape index (κ2) is 10.1. The van der Waals surface area contributed by atoms with Crippen molar-refractivity contribution in [3.63, 3.8) is 0 Å². The molecule has 0 aromatic heterocycles. The van der Waals surface area contributed by atoms with Crippen LogP contribution in [-0.2, 0) is 29.3 Å². The number of carboxylic acids is 1. The van der Waals surface area contributed by atoms with Crippen molar-refractivity contribution in [3.05, 3.63) is 71.3 Å². The summed E-state index contributed by atoms with van der Waals surface area (Å²) in [6.07, 6.45) is 0.615. The molecule has 154 valence electrons. The molecule has 0 spiro atoms. The van der Waals surface area contributed by atoms with E-state index < -0.39 is 11.9 Å². The van der Waals surface area contributed by atoms with Crippen molar-refractivity contribution >= 4 is 12.0 Å². The van der Waals surface area contributed by atoms with Gasteiger partial charge in [-0.2, -0.15) is 0 Å². The number of urea groups is 1. The van der Waals surface area contributed by atoms with Crippen LogP contribution in [0.2, 0.25) is 0 Å². The lowest BCUT2D eigenvalue weighted by Gasteiger charge is -2.34. The van der Waals surface area contributed by atoms with Gasteiger partial charge >= 0.3 is 12.0 Å². The monoisotopic (exact) mass is 396 g/mol. The van der Waals surface area contributed by atoms with Gasteiger partial charge in [0.1, 0.15) is 0 Å². The molecule has 1 aliphatic heterocycles. The fourth-order valence-electron chi connectivity index (χ4n) is 3.68. The Bertz CT molecular complexity index is 825. The molecule has 0 aliphatic carbocycles. The van der Waals surface area contributed by atoms with Crippen molar-refractivity contribution in [2.45, 2.75) is 33.1 Å². The number of amides is 2. The standard InChI is InChI=1S/C23H28N2O4/c1-17-10-21(22(26)27)14-25(13-17)23(28)24-12-19-8-5-9-20(11-19)16-29-15-18-6-3-2-4-7-18/h2-9,11,17,21H,10,12-16H2,1H3,(H,24,28)(H,26,27). The minimum Gasteiger partial charge on any atom is -0.481 e. The SMILES string of the molecule is CC1CC(C(=O)O)CN(C(=O)NCc2cccc(COCc3ccccc3)c2)C1.